The smallest absolute Gasteiger partial charge is 0.122 e. The number of rotatable bonds is 4. The number of benzene rings is 2. The fourth-order valence-corrected chi connectivity index (χ4v) is 3.01. The van der Waals surface area contributed by atoms with Crippen molar-refractivity contribution in [3.63, 3.8) is 0 Å². The number of hydrazine groups is 1. The summed E-state index contributed by atoms with van der Waals surface area (Å²) >= 11 is 3.58. The molecule has 2 rings (SSSR count). The van der Waals surface area contributed by atoms with E-state index in [9.17, 15) is 0 Å². The van der Waals surface area contributed by atoms with Crippen molar-refractivity contribution in [2.75, 3.05) is 7.11 Å². The zero-order valence-electron chi connectivity index (χ0n) is 12.8. The minimum absolute atomic E-state index is 0.0490. The summed E-state index contributed by atoms with van der Waals surface area (Å²) in [6.45, 7) is 6.22. The standard InChI is InChI=1S/C17H21BrN2O/c1-10-9-16(21-4)11(2)8-14(10)17(20-19)13-6-5-7-15(18)12(13)3/h5-9,17,20H,19H2,1-4H3. The maximum Gasteiger partial charge on any atom is 0.122 e. The normalized spacial score (nSPS) is 12.3. The summed E-state index contributed by atoms with van der Waals surface area (Å²) < 4.78 is 6.47. The Hall–Kier alpha value is -1.36. The second kappa shape index (κ2) is 6.60. The van der Waals surface area contributed by atoms with Gasteiger partial charge in [-0.25, -0.2) is 5.43 Å². The Morgan fingerprint density at radius 2 is 1.81 bits per heavy atom. The van der Waals surface area contributed by atoms with Gasteiger partial charge in [0.15, 0.2) is 0 Å². The van der Waals surface area contributed by atoms with Crippen molar-refractivity contribution in [2.45, 2.75) is 26.8 Å². The Kier molecular flexibility index (Phi) is 5.04. The Balaban J connectivity index is 2.57. The number of halogens is 1. The molecule has 2 aromatic carbocycles. The first-order valence-electron chi connectivity index (χ1n) is 6.85. The second-order valence-corrected chi connectivity index (χ2v) is 6.09. The van der Waals surface area contributed by atoms with E-state index < -0.39 is 0 Å². The van der Waals surface area contributed by atoms with Crippen molar-refractivity contribution < 1.29 is 4.74 Å². The van der Waals surface area contributed by atoms with Crippen molar-refractivity contribution in [3.8, 4) is 5.75 Å². The molecular weight excluding hydrogens is 328 g/mol. The molecule has 0 aliphatic carbocycles. The molecule has 112 valence electrons. The molecule has 4 heteroatoms. The molecule has 0 aliphatic rings. The first kappa shape index (κ1) is 16.0. The van der Waals surface area contributed by atoms with Crippen LogP contribution in [0.15, 0.2) is 34.8 Å². The molecule has 0 aromatic heterocycles. The lowest BCUT2D eigenvalue weighted by Crippen LogP contribution is -2.30. The highest BCUT2D eigenvalue weighted by atomic mass is 79.9. The molecule has 1 unspecified atom stereocenters. The molecular formula is C17H21BrN2O. The van der Waals surface area contributed by atoms with Crippen LogP contribution in [-0.2, 0) is 0 Å². The zero-order valence-corrected chi connectivity index (χ0v) is 14.4. The molecule has 0 heterocycles. The highest BCUT2D eigenvalue weighted by Crippen LogP contribution is 2.33. The average Bonchev–Trinajstić information content (AvgIpc) is 2.47. The first-order chi connectivity index (χ1) is 9.99. The van der Waals surface area contributed by atoms with Crippen LogP contribution in [0.2, 0.25) is 0 Å². The van der Waals surface area contributed by atoms with Gasteiger partial charge in [0.1, 0.15) is 5.75 Å². The van der Waals surface area contributed by atoms with E-state index in [0.29, 0.717) is 0 Å². The molecule has 2 aromatic rings. The number of aryl methyl sites for hydroxylation is 2. The van der Waals surface area contributed by atoms with Crippen LogP contribution in [-0.4, -0.2) is 7.11 Å². The molecule has 3 nitrogen and oxygen atoms in total. The molecule has 0 saturated heterocycles. The summed E-state index contributed by atoms with van der Waals surface area (Å²) in [4.78, 5) is 0. The third kappa shape index (κ3) is 3.12. The number of ether oxygens (including phenoxy) is 1. The van der Waals surface area contributed by atoms with E-state index in [1.54, 1.807) is 7.11 Å². The third-order valence-electron chi connectivity index (χ3n) is 3.88. The van der Waals surface area contributed by atoms with Crippen LogP contribution in [0, 0.1) is 20.8 Å². The fraction of sp³-hybridized carbons (Fsp3) is 0.294. The Morgan fingerprint density at radius 1 is 1.10 bits per heavy atom. The maximum atomic E-state index is 5.85. The quantitative estimate of drug-likeness (QED) is 0.649. The lowest BCUT2D eigenvalue weighted by atomic mass is 9.91. The van der Waals surface area contributed by atoms with Gasteiger partial charge in [-0.2, -0.15) is 0 Å². The lowest BCUT2D eigenvalue weighted by molar-refractivity contribution is 0.411. The van der Waals surface area contributed by atoms with Gasteiger partial charge in [0.25, 0.3) is 0 Å². The van der Waals surface area contributed by atoms with E-state index in [1.807, 2.05) is 19.1 Å². The van der Waals surface area contributed by atoms with Crippen LogP contribution in [0.4, 0.5) is 0 Å². The van der Waals surface area contributed by atoms with Gasteiger partial charge in [0.2, 0.25) is 0 Å². The molecule has 3 N–H and O–H groups in total. The summed E-state index contributed by atoms with van der Waals surface area (Å²) in [6.07, 6.45) is 0. The van der Waals surface area contributed by atoms with Gasteiger partial charge in [-0.1, -0.05) is 34.1 Å². The van der Waals surface area contributed by atoms with E-state index in [-0.39, 0.29) is 6.04 Å². The molecule has 21 heavy (non-hydrogen) atoms. The molecule has 1 atom stereocenters. The summed E-state index contributed by atoms with van der Waals surface area (Å²) in [5.74, 6) is 6.75. The summed E-state index contributed by atoms with van der Waals surface area (Å²) in [6, 6.07) is 10.3. The van der Waals surface area contributed by atoms with E-state index in [4.69, 9.17) is 10.6 Å². The largest absolute Gasteiger partial charge is 0.496 e. The van der Waals surface area contributed by atoms with Gasteiger partial charge in [-0.3, -0.25) is 5.84 Å². The van der Waals surface area contributed by atoms with Crippen molar-refractivity contribution >= 4 is 15.9 Å². The summed E-state index contributed by atoms with van der Waals surface area (Å²) in [5, 5.41) is 0. The number of nitrogens with one attached hydrogen (secondary N) is 1. The number of nitrogens with two attached hydrogens (primary N) is 1. The topological polar surface area (TPSA) is 47.3 Å². The Bertz CT molecular complexity index is 655. The van der Waals surface area contributed by atoms with E-state index in [0.717, 1.165) is 26.9 Å². The minimum atomic E-state index is -0.0490. The third-order valence-corrected chi connectivity index (χ3v) is 4.74. The van der Waals surface area contributed by atoms with Crippen molar-refractivity contribution in [1.29, 1.82) is 0 Å². The second-order valence-electron chi connectivity index (χ2n) is 5.23. The molecule has 0 amide bonds. The minimum Gasteiger partial charge on any atom is -0.496 e. The molecule has 0 saturated carbocycles. The maximum absolute atomic E-state index is 5.85. The monoisotopic (exact) mass is 348 g/mol. The van der Waals surface area contributed by atoms with Crippen LogP contribution in [0.1, 0.15) is 33.9 Å². The number of methoxy groups -OCH3 is 1. The van der Waals surface area contributed by atoms with Crippen LogP contribution in [0.25, 0.3) is 0 Å². The van der Waals surface area contributed by atoms with E-state index in [1.165, 1.54) is 11.1 Å². The number of hydrogen-bond donors (Lipinski definition) is 2. The Labute approximate surface area is 134 Å². The predicted octanol–water partition coefficient (Wildman–Crippen LogP) is 3.94. The van der Waals surface area contributed by atoms with Crippen LogP contribution in [0.3, 0.4) is 0 Å². The van der Waals surface area contributed by atoms with Gasteiger partial charge >= 0.3 is 0 Å². The molecule has 0 fully saturated rings. The first-order valence-corrected chi connectivity index (χ1v) is 7.65. The van der Waals surface area contributed by atoms with Crippen molar-refractivity contribution in [3.05, 3.63) is 62.6 Å². The van der Waals surface area contributed by atoms with Crippen molar-refractivity contribution in [2.24, 2.45) is 5.84 Å². The van der Waals surface area contributed by atoms with Gasteiger partial charge in [-0.05, 0) is 60.7 Å². The predicted molar refractivity (Wildman–Crippen MR) is 90.5 cm³/mol. The highest BCUT2D eigenvalue weighted by Gasteiger charge is 2.19. The SMILES string of the molecule is COc1cc(C)c(C(NN)c2cccc(Br)c2C)cc1C. The zero-order chi connectivity index (χ0) is 15.6. The molecule has 0 spiro atoms. The fourth-order valence-electron chi connectivity index (χ4n) is 2.63. The van der Waals surface area contributed by atoms with Gasteiger partial charge < -0.3 is 4.74 Å². The Morgan fingerprint density at radius 3 is 2.43 bits per heavy atom. The molecule has 0 bridgehead atoms. The molecule has 0 radical (unpaired) electrons. The van der Waals surface area contributed by atoms with Crippen LogP contribution >= 0.6 is 15.9 Å². The molecule has 0 aliphatic heterocycles. The average molecular weight is 349 g/mol. The number of hydrogen-bond acceptors (Lipinski definition) is 3. The lowest BCUT2D eigenvalue weighted by Gasteiger charge is -2.23. The highest BCUT2D eigenvalue weighted by molar-refractivity contribution is 9.10. The van der Waals surface area contributed by atoms with Crippen LogP contribution in [0.5, 0.6) is 5.75 Å². The van der Waals surface area contributed by atoms with Crippen molar-refractivity contribution in [1.82, 2.24) is 5.43 Å². The van der Waals surface area contributed by atoms with Gasteiger partial charge in [0, 0.05) is 4.47 Å². The summed E-state index contributed by atoms with van der Waals surface area (Å²) in [7, 11) is 1.69. The van der Waals surface area contributed by atoms with E-state index >= 15 is 0 Å². The van der Waals surface area contributed by atoms with Crippen LogP contribution < -0.4 is 16.0 Å². The van der Waals surface area contributed by atoms with Gasteiger partial charge in [-0.15, -0.1) is 0 Å². The van der Waals surface area contributed by atoms with Gasteiger partial charge in [0.05, 0.1) is 13.2 Å². The summed E-state index contributed by atoms with van der Waals surface area (Å²) in [5.41, 5.74) is 8.72. The van der Waals surface area contributed by atoms with E-state index in [2.05, 4.69) is 53.4 Å².